The molecule has 0 amide bonds. The summed E-state index contributed by atoms with van der Waals surface area (Å²) in [4.78, 5) is 11.8. The number of hydrogen-bond acceptors (Lipinski definition) is 5. The molecule has 1 aromatic heterocycles. The normalized spacial score (nSPS) is 15.3. The molecule has 1 aliphatic heterocycles. The number of aromatic nitrogens is 2. The molecule has 0 saturated carbocycles. The minimum absolute atomic E-state index is 0.205. The summed E-state index contributed by atoms with van der Waals surface area (Å²) in [6, 6.07) is 13.2. The standard InChI is InChI=1S/C20H19BrFN3OS/c21-15-6-5-14(17(22)11-15)13-27-20-16-3-1-2-4-18(16)23-19(24-20)12-25-7-9-26-10-8-25/h1-6,11H,7-10,12-13H2. The number of thioether (sulfide) groups is 1. The number of morpholine rings is 1. The van der Waals surface area contributed by atoms with Crippen LogP contribution in [0.5, 0.6) is 0 Å². The average Bonchev–Trinajstić information content (AvgIpc) is 2.68. The number of halogens is 2. The second-order valence-corrected chi connectivity index (χ2v) is 8.25. The van der Waals surface area contributed by atoms with Crippen LogP contribution in [0.2, 0.25) is 0 Å². The fraction of sp³-hybridized carbons (Fsp3) is 0.300. The van der Waals surface area contributed by atoms with Crippen LogP contribution in [0.1, 0.15) is 11.4 Å². The maximum absolute atomic E-state index is 14.2. The maximum atomic E-state index is 14.2. The van der Waals surface area contributed by atoms with Gasteiger partial charge in [-0.2, -0.15) is 0 Å². The van der Waals surface area contributed by atoms with Crippen molar-refractivity contribution in [3.63, 3.8) is 0 Å². The predicted molar refractivity (Wildman–Crippen MR) is 109 cm³/mol. The van der Waals surface area contributed by atoms with Crippen molar-refractivity contribution in [3.8, 4) is 0 Å². The molecule has 140 valence electrons. The summed E-state index contributed by atoms with van der Waals surface area (Å²) in [6.45, 7) is 3.98. The average molecular weight is 448 g/mol. The lowest BCUT2D eigenvalue weighted by atomic mass is 10.2. The summed E-state index contributed by atoms with van der Waals surface area (Å²) >= 11 is 4.85. The van der Waals surface area contributed by atoms with Crippen LogP contribution in [0.3, 0.4) is 0 Å². The molecule has 4 nitrogen and oxygen atoms in total. The van der Waals surface area contributed by atoms with E-state index in [2.05, 4.69) is 20.8 Å². The molecule has 0 N–H and O–H groups in total. The van der Waals surface area contributed by atoms with Gasteiger partial charge in [-0.25, -0.2) is 14.4 Å². The Labute approximate surface area is 170 Å². The summed E-state index contributed by atoms with van der Waals surface area (Å²) in [7, 11) is 0. The van der Waals surface area contributed by atoms with Gasteiger partial charge in [-0.3, -0.25) is 4.90 Å². The van der Waals surface area contributed by atoms with E-state index in [-0.39, 0.29) is 5.82 Å². The molecule has 0 bridgehead atoms. The molecule has 2 heterocycles. The molecule has 1 fully saturated rings. The monoisotopic (exact) mass is 447 g/mol. The second kappa shape index (κ2) is 8.65. The maximum Gasteiger partial charge on any atom is 0.144 e. The van der Waals surface area contributed by atoms with Crippen molar-refractivity contribution < 1.29 is 9.13 Å². The first-order valence-electron chi connectivity index (χ1n) is 8.81. The second-order valence-electron chi connectivity index (χ2n) is 6.38. The lowest BCUT2D eigenvalue weighted by Gasteiger charge is -2.25. The molecule has 7 heteroatoms. The number of fused-ring (bicyclic) bond motifs is 1. The van der Waals surface area contributed by atoms with E-state index in [1.165, 1.54) is 6.07 Å². The fourth-order valence-electron chi connectivity index (χ4n) is 3.02. The molecule has 27 heavy (non-hydrogen) atoms. The van der Waals surface area contributed by atoms with E-state index in [4.69, 9.17) is 14.7 Å². The molecule has 0 aliphatic carbocycles. The Morgan fingerprint density at radius 1 is 1.11 bits per heavy atom. The highest BCUT2D eigenvalue weighted by Crippen LogP contribution is 2.29. The Hall–Kier alpha value is -1.54. The van der Waals surface area contributed by atoms with E-state index in [9.17, 15) is 4.39 Å². The molecular weight excluding hydrogens is 429 g/mol. The largest absolute Gasteiger partial charge is 0.379 e. The van der Waals surface area contributed by atoms with E-state index in [1.54, 1.807) is 11.8 Å². The molecule has 1 saturated heterocycles. The number of para-hydroxylation sites is 1. The van der Waals surface area contributed by atoms with Crippen LogP contribution in [-0.2, 0) is 17.0 Å². The Morgan fingerprint density at radius 2 is 1.93 bits per heavy atom. The van der Waals surface area contributed by atoms with Crippen LogP contribution in [0.4, 0.5) is 4.39 Å². The Morgan fingerprint density at radius 3 is 2.74 bits per heavy atom. The Balaban J connectivity index is 1.59. The number of ether oxygens (including phenoxy) is 1. The zero-order valence-electron chi connectivity index (χ0n) is 14.7. The zero-order valence-corrected chi connectivity index (χ0v) is 17.1. The Kier molecular flexibility index (Phi) is 6.02. The predicted octanol–water partition coefficient (Wildman–Crippen LogP) is 4.66. The van der Waals surface area contributed by atoms with Gasteiger partial charge in [-0.1, -0.05) is 40.2 Å². The minimum atomic E-state index is -0.205. The number of benzene rings is 2. The van der Waals surface area contributed by atoms with E-state index >= 15 is 0 Å². The van der Waals surface area contributed by atoms with Crippen LogP contribution in [0.15, 0.2) is 52.0 Å². The van der Waals surface area contributed by atoms with Crippen molar-refractivity contribution in [2.75, 3.05) is 26.3 Å². The third kappa shape index (κ3) is 4.66. The SMILES string of the molecule is Fc1cc(Br)ccc1CSc1nc(CN2CCOCC2)nc2ccccc12. The lowest BCUT2D eigenvalue weighted by Crippen LogP contribution is -2.36. The van der Waals surface area contributed by atoms with Crippen LogP contribution in [0.25, 0.3) is 10.9 Å². The summed E-state index contributed by atoms with van der Waals surface area (Å²) in [5.41, 5.74) is 1.59. The molecule has 0 spiro atoms. The van der Waals surface area contributed by atoms with Gasteiger partial charge in [0.05, 0.1) is 25.3 Å². The highest BCUT2D eigenvalue weighted by molar-refractivity contribution is 9.10. The summed E-state index contributed by atoms with van der Waals surface area (Å²) in [6.07, 6.45) is 0. The number of hydrogen-bond donors (Lipinski definition) is 0. The molecule has 0 unspecified atom stereocenters. The molecular formula is C20H19BrFN3OS. The van der Waals surface area contributed by atoms with E-state index in [1.807, 2.05) is 36.4 Å². The van der Waals surface area contributed by atoms with E-state index in [0.717, 1.165) is 52.5 Å². The Bertz CT molecular complexity index is 950. The molecule has 1 aliphatic rings. The molecule has 0 atom stereocenters. The van der Waals surface area contributed by atoms with Crippen molar-refractivity contribution in [2.45, 2.75) is 17.3 Å². The first-order valence-corrected chi connectivity index (χ1v) is 10.6. The van der Waals surface area contributed by atoms with E-state index in [0.29, 0.717) is 17.9 Å². The third-order valence-electron chi connectivity index (χ3n) is 4.46. The van der Waals surface area contributed by atoms with Crippen molar-refractivity contribution >= 4 is 38.6 Å². The lowest BCUT2D eigenvalue weighted by molar-refractivity contribution is 0.0330. The first kappa shape index (κ1) is 18.8. The molecule has 0 radical (unpaired) electrons. The molecule has 4 rings (SSSR count). The van der Waals surface area contributed by atoms with Gasteiger partial charge in [0.15, 0.2) is 0 Å². The first-order chi connectivity index (χ1) is 13.2. The topological polar surface area (TPSA) is 38.2 Å². The number of rotatable bonds is 5. The van der Waals surface area contributed by atoms with Crippen molar-refractivity contribution in [3.05, 3.63) is 64.1 Å². The van der Waals surface area contributed by atoms with Gasteiger partial charge in [0, 0.05) is 28.7 Å². The van der Waals surface area contributed by atoms with Crippen molar-refractivity contribution in [1.29, 1.82) is 0 Å². The summed E-state index contributed by atoms with van der Waals surface area (Å²) in [5.74, 6) is 1.12. The van der Waals surface area contributed by atoms with Gasteiger partial charge in [-0.05, 0) is 23.8 Å². The van der Waals surface area contributed by atoms with Gasteiger partial charge in [-0.15, -0.1) is 11.8 Å². The quantitative estimate of drug-likeness (QED) is 0.420. The highest BCUT2D eigenvalue weighted by Gasteiger charge is 2.15. The third-order valence-corrected chi connectivity index (χ3v) is 6.00. The van der Waals surface area contributed by atoms with Gasteiger partial charge in [0.1, 0.15) is 16.7 Å². The summed E-state index contributed by atoms with van der Waals surface area (Å²) in [5, 5.41) is 1.90. The van der Waals surface area contributed by atoms with Crippen molar-refractivity contribution in [1.82, 2.24) is 14.9 Å². The highest BCUT2D eigenvalue weighted by atomic mass is 79.9. The van der Waals surface area contributed by atoms with Crippen LogP contribution < -0.4 is 0 Å². The minimum Gasteiger partial charge on any atom is -0.379 e. The smallest absolute Gasteiger partial charge is 0.144 e. The van der Waals surface area contributed by atoms with Gasteiger partial charge < -0.3 is 4.74 Å². The zero-order chi connectivity index (χ0) is 18.6. The number of nitrogens with zero attached hydrogens (tertiary/aromatic N) is 3. The van der Waals surface area contributed by atoms with Crippen LogP contribution >= 0.6 is 27.7 Å². The molecule has 2 aromatic carbocycles. The van der Waals surface area contributed by atoms with Gasteiger partial charge in [0.2, 0.25) is 0 Å². The molecule has 3 aromatic rings. The van der Waals surface area contributed by atoms with Gasteiger partial charge >= 0.3 is 0 Å². The van der Waals surface area contributed by atoms with E-state index < -0.39 is 0 Å². The fourth-order valence-corrected chi connectivity index (χ4v) is 4.38. The van der Waals surface area contributed by atoms with Crippen LogP contribution in [0, 0.1) is 5.82 Å². The van der Waals surface area contributed by atoms with Crippen LogP contribution in [-0.4, -0.2) is 41.2 Å². The summed E-state index contributed by atoms with van der Waals surface area (Å²) < 4.78 is 20.3. The van der Waals surface area contributed by atoms with Gasteiger partial charge in [0.25, 0.3) is 0 Å². The van der Waals surface area contributed by atoms with Crippen molar-refractivity contribution in [2.24, 2.45) is 0 Å².